The molecule has 0 amide bonds. The standard InChI is InChI=1S/C21H20ClN5O2/c1-12-9-15(10-13(2)19(12)22)28-11-27-8-7-18(25-27)21-24-20(26-29-21)16-5-4-6-17(23)14(16)3/h4-10H,11,23H2,1-3H3. The molecule has 0 bridgehead atoms. The van der Waals surface area contributed by atoms with Gasteiger partial charge >= 0.3 is 0 Å². The highest BCUT2D eigenvalue weighted by atomic mass is 35.5. The maximum absolute atomic E-state index is 6.20. The second-order valence-corrected chi connectivity index (χ2v) is 7.21. The van der Waals surface area contributed by atoms with Crippen LogP contribution in [0.15, 0.2) is 47.1 Å². The van der Waals surface area contributed by atoms with Crippen LogP contribution in [0.4, 0.5) is 5.69 Å². The zero-order valence-electron chi connectivity index (χ0n) is 16.3. The first-order valence-electron chi connectivity index (χ1n) is 9.05. The molecule has 0 fully saturated rings. The van der Waals surface area contributed by atoms with Gasteiger partial charge in [-0.05, 0) is 61.7 Å². The first-order chi connectivity index (χ1) is 13.9. The first-order valence-corrected chi connectivity index (χ1v) is 9.42. The number of anilines is 1. The molecule has 2 N–H and O–H groups in total. The summed E-state index contributed by atoms with van der Waals surface area (Å²) in [5.41, 5.74) is 10.9. The normalized spacial score (nSPS) is 11.0. The van der Waals surface area contributed by atoms with Crippen molar-refractivity contribution >= 4 is 17.3 Å². The molecule has 2 heterocycles. The summed E-state index contributed by atoms with van der Waals surface area (Å²) in [5, 5.41) is 9.26. The van der Waals surface area contributed by atoms with Gasteiger partial charge in [0, 0.05) is 22.5 Å². The van der Waals surface area contributed by atoms with Gasteiger partial charge in [-0.2, -0.15) is 10.1 Å². The van der Waals surface area contributed by atoms with Gasteiger partial charge in [-0.25, -0.2) is 4.68 Å². The molecule has 0 saturated carbocycles. The minimum Gasteiger partial charge on any atom is -0.471 e. The second-order valence-electron chi connectivity index (χ2n) is 6.83. The molecule has 4 rings (SSSR count). The van der Waals surface area contributed by atoms with E-state index in [2.05, 4.69) is 15.2 Å². The third kappa shape index (κ3) is 3.82. The van der Waals surface area contributed by atoms with Crippen molar-refractivity contribution in [3.63, 3.8) is 0 Å². The van der Waals surface area contributed by atoms with E-state index >= 15 is 0 Å². The van der Waals surface area contributed by atoms with E-state index in [9.17, 15) is 0 Å². The minimum atomic E-state index is 0.246. The number of halogens is 1. The summed E-state index contributed by atoms with van der Waals surface area (Å²) in [6.07, 6.45) is 1.79. The zero-order valence-corrected chi connectivity index (χ0v) is 17.1. The molecule has 7 nitrogen and oxygen atoms in total. The lowest BCUT2D eigenvalue weighted by Crippen LogP contribution is -2.06. The summed E-state index contributed by atoms with van der Waals surface area (Å²) >= 11 is 6.20. The van der Waals surface area contributed by atoms with Gasteiger partial charge in [-0.15, -0.1) is 0 Å². The third-order valence-electron chi connectivity index (χ3n) is 4.68. The summed E-state index contributed by atoms with van der Waals surface area (Å²) in [7, 11) is 0. The van der Waals surface area contributed by atoms with Crippen molar-refractivity contribution in [2.24, 2.45) is 0 Å². The molecule has 29 heavy (non-hydrogen) atoms. The van der Waals surface area contributed by atoms with Crippen molar-refractivity contribution in [2.75, 3.05) is 5.73 Å². The lowest BCUT2D eigenvalue weighted by atomic mass is 10.1. The van der Waals surface area contributed by atoms with Crippen LogP contribution in [-0.2, 0) is 6.73 Å². The van der Waals surface area contributed by atoms with Crippen LogP contribution >= 0.6 is 11.6 Å². The first kappa shape index (κ1) is 19.0. The zero-order chi connectivity index (χ0) is 20.5. The summed E-state index contributed by atoms with van der Waals surface area (Å²) < 4.78 is 12.9. The van der Waals surface area contributed by atoms with Gasteiger partial charge in [0.25, 0.3) is 5.89 Å². The van der Waals surface area contributed by atoms with Crippen molar-refractivity contribution in [1.29, 1.82) is 0 Å². The summed E-state index contributed by atoms with van der Waals surface area (Å²) in [6.45, 7) is 6.07. The molecule has 0 unspecified atom stereocenters. The summed E-state index contributed by atoms with van der Waals surface area (Å²) in [6, 6.07) is 11.2. The largest absolute Gasteiger partial charge is 0.471 e. The predicted octanol–water partition coefficient (Wildman–Crippen LogP) is 4.80. The number of ether oxygens (including phenoxy) is 1. The van der Waals surface area contributed by atoms with Crippen LogP contribution in [0.3, 0.4) is 0 Å². The molecule has 2 aromatic carbocycles. The van der Waals surface area contributed by atoms with E-state index in [1.54, 1.807) is 16.9 Å². The number of nitrogen functional groups attached to an aromatic ring is 1. The second kappa shape index (κ2) is 7.60. The molecule has 2 aromatic heterocycles. The molecule has 0 aliphatic carbocycles. The molecule has 0 spiro atoms. The highest BCUT2D eigenvalue weighted by Gasteiger charge is 2.15. The van der Waals surface area contributed by atoms with Crippen LogP contribution in [0.2, 0.25) is 5.02 Å². The summed E-state index contributed by atoms with van der Waals surface area (Å²) in [5.74, 6) is 1.54. The van der Waals surface area contributed by atoms with Gasteiger partial charge in [0.2, 0.25) is 5.82 Å². The van der Waals surface area contributed by atoms with E-state index in [1.807, 2.05) is 51.1 Å². The van der Waals surface area contributed by atoms with Crippen LogP contribution in [-0.4, -0.2) is 19.9 Å². The van der Waals surface area contributed by atoms with Crippen molar-refractivity contribution in [3.05, 3.63) is 64.3 Å². The van der Waals surface area contributed by atoms with E-state index in [1.165, 1.54) is 0 Å². The van der Waals surface area contributed by atoms with Crippen molar-refractivity contribution < 1.29 is 9.26 Å². The van der Waals surface area contributed by atoms with Gasteiger partial charge < -0.3 is 15.0 Å². The Morgan fingerprint density at radius 1 is 1.14 bits per heavy atom. The van der Waals surface area contributed by atoms with Gasteiger partial charge in [-0.3, -0.25) is 0 Å². The molecule has 148 valence electrons. The van der Waals surface area contributed by atoms with Crippen LogP contribution in [0.1, 0.15) is 16.7 Å². The minimum absolute atomic E-state index is 0.246. The topological polar surface area (TPSA) is 92.0 Å². The summed E-state index contributed by atoms with van der Waals surface area (Å²) in [4.78, 5) is 4.45. The average molecular weight is 410 g/mol. The molecule has 0 saturated heterocycles. The van der Waals surface area contributed by atoms with Crippen LogP contribution in [0.5, 0.6) is 5.75 Å². The molecule has 0 atom stereocenters. The number of aryl methyl sites for hydroxylation is 2. The Morgan fingerprint density at radius 3 is 2.66 bits per heavy atom. The monoisotopic (exact) mass is 409 g/mol. The van der Waals surface area contributed by atoms with Crippen molar-refractivity contribution in [1.82, 2.24) is 19.9 Å². The molecule has 0 aliphatic heterocycles. The Hall–Kier alpha value is -3.32. The average Bonchev–Trinajstić information content (AvgIpc) is 3.36. The number of hydrogen-bond donors (Lipinski definition) is 1. The van der Waals surface area contributed by atoms with Crippen LogP contribution < -0.4 is 10.5 Å². The maximum atomic E-state index is 6.20. The number of rotatable bonds is 5. The Labute approximate surface area is 173 Å². The highest BCUT2D eigenvalue weighted by molar-refractivity contribution is 6.32. The van der Waals surface area contributed by atoms with Gasteiger partial charge in [0.05, 0.1) is 0 Å². The van der Waals surface area contributed by atoms with Gasteiger partial charge in [0.1, 0.15) is 5.75 Å². The Kier molecular flexibility index (Phi) is 4.98. The number of nitrogens with two attached hydrogens (primary N) is 1. The lowest BCUT2D eigenvalue weighted by Gasteiger charge is -2.09. The van der Waals surface area contributed by atoms with Crippen LogP contribution in [0, 0.1) is 20.8 Å². The number of aromatic nitrogens is 4. The third-order valence-corrected chi connectivity index (χ3v) is 5.27. The molecular formula is C21H20ClN5O2. The molecule has 0 aliphatic rings. The SMILES string of the molecule is Cc1cc(OCn2ccc(-c3nc(-c4cccc(N)c4C)no3)n2)cc(C)c1Cl. The van der Waals surface area contributed by atoms with Crippen LogP contribution in [0.25, 0.3) is 23.0 Å². The Morgan fingerprint density at radius 2 is 1.90 bits per heavy atom. The smallest absolute Gasteiger partial charge is 0.278 e. The van der Waals surface area contributed by atoms with Crippen molar-refractivity contribution in [2.45, 2.75) is 27.5 Å². The fraction of sp³-hybridized carbons (Fsp3) is 0.190. The lowest BCUT2D eigenvalue weighted by molar-refractivity contribution is 0.221. The number of nitrogens with zero attached hydrogens (tertiary/aromatic N) is 4. The molecule has 8 heteroatoms. The van der Waals surface area contributed by atoms with Gasteiger partial charge in [0.15, 0.2) is 12.4 Å². The van der Waals surface area contributed by atoms with E-state index in [-0.39, 0.29) is 6.73 Å². The fourth-order valence-corrected chi connectivity index (χ4v) is 3.12. The van der Waals surface area contributed by atoms with E-state index in [0.717, 1.165) is 33.0 Å². The molecule has 4 aromatic rings. The quantitative estimate of drug-likeness (QED) is 0.476. The Bertz CT molecular complexity index is 1160. The van der Waals surface area contributed by atoms with E-state index < -0.39 is 0 Å². The number of hydrogen-bond acceptors (Lipinski definition) is 6. The maximum Gasteiger partial charge on any atom is 0.278 e. The predicted molar refractivity (Wildman–Crippen MR) is 112 cm³/mol. The molecule has 0 radical (unpaired) electrons. The number of benzene rings is 2. The molecular weight excluding hydrogens is 390 g/mol. The van der Waals surface area contributed by atoms with Gasteiger partial charge in [-0.1, -0.05) is 28.9 Å². The Balaban J connectivity index is 1.50. The van der Waals surface area contributed by atoms with Crippen molar-refractivity contribution in [3.8, 4) is 28.7 Å². The highest BCUT2D eigenvalue weighted by Crippen LogP contribution is 2.27. The van der Waals surface area contributed by atoms with E-state index in [4.69, 9.17) is 26.6 Å². The van der Waals surface area contributed by atoms with E-state index in [0.29, 0.717) is 23.1 Å². The fourth-order valence-electron chi connectivity index (χ4n) is 3.01.